The Kier molecular flexibility index (Phi) is 9.58. The molecule has 6 heteroatoms. The van der Waals surface area contributed by atoms with Crippen LogP contribution in [0.1, 0.15) is 38.7 Å². The first-order valence-electron chi connectivity index (χ1n) is 8.73. The minimum atomic E-state index is -0.125. The van der Waals surface area contributed by atoms with Gasteiger partial charge in [-0.25, -0.2) is 4.57 Å². The van der Waals surface area contributed by atoms with Crippen LogP contribution in [0.2, 0.25) is 0 Å². The zero-order valence-corrected chi connectivity index (χ0v) is 16.9. The lowest BCUT2D eigenvalue weighted by molar-refractivity contribution is -0.697. The number of carbonyl (C=O) groups is 2. The van der Waals surface area contributed by atoms with Crippen LogP contribution in [0.25, 0.3) is 0 Å². The van der Waals surface area contributed by atoms with Gasteiger partial charge in [-0.3, -0.25) is 9.59 Å². The SMILES string of the molecule is CCc1ccc(NC(C)=O)cc1NC(=O)CCCC[n+]1ccccc1.[Br-]. The van der Waals surface area contributed by atoms with E-state index in [0.717, 1.165) is 37.1 Å². The summed E-state index contributed by atoms with van der Waals surface area (Å²) >= 11 is 0. The van der Waals surface area contributed by atoms with E-state index >= 15 is 0 Å². The number of halogens is 1. The van der Waals surface area contributed by atoms with Gasteiger partial charge in [0.25, 0.3) is 0 Å². The topological polar surface area (TPSA) is 62.1 Å². The van der Waals surface area contributed by atoms with Gasteiger partial charge in [0.05, 0.1) is 0 Å². The molecule has 1 heterocycles. The molecular weight excluding hydrogens is 394 g/mol. The summed E-state index contributed by atoms with van der Waals surface area (Å²) in [7, 11) is 0. The van der Waals surface area contributed by atoms with Crippen molar-refractivity contribution in [3.05, 3.63) is 54.4 Å². The monoisotopic (exact) mass is 419 g/mol. The second-order valence-corrected chi connectivity index (χ2v) is 6.03. The predicted molar refractivity (Wildman–Crippen MR) is 99.2 cm³/mol. The van der Waals surface area contributed by atoms with Gasteiger partial charge < -0.3 is 27.6 Å². The minimum absolute atomic E-state index is 0. The molecule has 0 bridgehead atoms. The maximum atomic E-state index is 12.2. The second kappa shape index (κ2) is 11.4. The molecular formula is C20H26BrN3O2. The first-order chi connectivity index (χ1) is 12.1. The number of nitrogens with one attached hydrogen (secondary N) is 2. The molecule has 0 aliphatic heterocycles. The van der Waals surface area contributed by atoms with Crippen LogP contribution in [0, 0.1) is 0 Å². The van der Waals surface area contributed by atoms with Gasteiger partial charge in [-0.2, -0.15) is 0 Å². The van der Waals surface area contributed by atoms with Crippen LogP contribution in [0.5, 0.6) is 0 Å². The Morgan fingerprint density at radius 1 is 1.04 bits per heavy atom. The van der Waals surface area contributed by atoms with E-state index < -0.39 is 0 Å². The molecule has 2 aromatic rings. The van der Waals surface area contributed by atoms with Crippen LogP contribution >= 0.6 is 0 Å². The zero-order valence-electron chi connectivity index (χ0n) is 15.3. The summed E-state index contributed by atoms with van der Waals surface area (Å²) in [6.07, 6.45) is 7.15. The van der Waals surface area contributed by atoms with Crippen molar-refractivity contribution in [1.82, 2.24) is 0 Å². The van der Waals surface area contributed by atoms with Crippen LogP contribution in [-0.4, -0.2) is 11.8 Å². The third kappa shape index (κ3) is 7.35. The van der Waals surface area contributed by atoms with Gasteiger partial charge in [0, 0.05) is 43.3 Å². The number of rotatable bonds is 8. The van der Waals surface area contributed by atoms with E-state index in [1.54, 1.807) is 0 Å². The van der Waals surface area contributed by atoms with E-state index in [1.807, 2.05) is 55.7 Å². The molecule has 26 heavy (non-hydrogen) atoms. The molecule has 0 saturated carbocycles. The van der Waals surface area contributed by atoms with Crippen molar-refractivity contribution < 1.29 is 31.1 Å². The molecule has 140 valence electrons. The molecule has 0 atom stereocenters. The lowest BCUT2D eigenvalue weighted by atomic mass is 10.1. The summed E-state index contributed by atoms with van der Waals surface area (Å²) < 4.78 is 2.12. The van der Waals surface area contributed by atoms with Crippen molar-refractivity contribution in [3.8, 4) is 0 Å². The number of unbranched alkanes of at least 4 members (excludes halogenated alkanes) is 1. The van der Waals surface area contributed by atoms with Crippen molar-refractivity contribution in [2.45, 2.75) is 46.1 Å². The highest BCUT2D eigenvalue weighted by molar-refractivity contribution is 5.94. The molecule has 2 amide bonds. The molecule has 0 spiro atoms. The van der Waals surface area contributed by atoms with Crippen LogP contribution in [0.4, 0.5) is 11.4 Å². The Morgan fingerprint density at radius 2 is 1.77 bits per heavy atom. The standard InChI is InChI=1S/C20H25N3O2.BrH/c1-3-17-10-11-18(21-16(2)24)15-19(17)22-20(25)9-5-8-14-23-12-6-4-7-13-23;/h4,6-7,10-13,15H,3,5,8-9,14H2,1-2H3,(H-,21,22,24,25);1H. The molecule has 1 aromatic carbocycles. The summed E-state index contributed by atoms with van der Waals surface area (Å²) in [5.74, 6) is -0.118. The molecule has 5 nitrogen and oxygen atoms in total. The van der Waals surface area contributed by atoms with Crippen molar-refractivity contribution in [2.75, 3.05) is 10.6 Å². The molecule has 0 unspecified atom stereocenters. The van der Waals surface area contributed by atoms with E-state index in [0.29, 0.717) is 12.1 Å². The number of hydrogen-bond donors (Lipinski definition) is 2. The Balaban J connectivity index is 0.00000338. The first kappa shape index (κ1) is 21.8. The highest BCUT2D eigenvalue weighted by atomic mass is 79.9. The van der Waals surface area contributed by atoms with E-state index in [2.05, 4.69) is 15.2 Å². The fourth-order valence-corrected chi connectivity index (χ4v) is 2.66. The number of aromatic nitrogens is 1. The third-order valence-corrected chi connectivity index (χ3v) is 3.93. The van der Waals surface area contributed by atoms with Gasteiger partial charge in [0.15, 0.2) is 12.4 Å². The van der Waals surface area contributed by atoms with E-state index in [1.165, 1.54) is 6.92 Å². The number of hydrogen-bond acceptors (Lipinski definition) is 2. The first-order valence-corrected chi connectivity index (χ1v) is 8.73. The van der Waals surface area contributed by atoms with Crippen LogP contribution in [-0.2, 0) is 22.6 Å². The van der Waals surface area contributed by atoms with Crippen molar-refractivity contribution in [1.29, 1.82) is 0 Å². The van der Waals surface area contributed by atoms with Crippen LogP contribution in [0.15, 0.2) is 48.8 Å². The second-order valence-electron chi connectivity index (χ2n) is 6.03. The summed E-state index contributed by atoms with van der Waals surface area (Å²) in [5.41, 5.74) is 2.53. The summed E-state index contributed by atoms with van der Waals surface area (Å²) in [4.78, 5) is 23.4. The number of anilines is 2. The highest BCUT2D eigenvalue weighted by Gasteiger charge is 2.08. The smallest absolute Gasteiger partial charge is 0.224 e. The van der Waals surface area contributed by atoms with Crippen LogP contribution < -0.4 is 32.2 Å². The quantitative estimate of drug-likeness (QED) is 0.477. The van der Waals surface area contributed by atoms with Gasteiger partial charge >= 0.3 is 0 Å². The molecule has 0 radical (unpaired) electrons. The average molecular weight is 420 g/mol. The molecule has 0 fully saturated rings. The Bertz CT molecular complexity index is 720. The fourth-order valence-electron chi connectivity index (χ4n) is 2.66. The zero-order chi connectivity index (χ0) is 18.1. The Hall–Kier alpha value is -2.21. The van der Waals surface area contributed by atoms with E-state index in [9.17, 15) is 9.59 Å². The lowest BCUT2D eigenvalue weighted by Crippen LogP contribution is -3.00. The maximum absolute atomic E-state index is 12.2. The third-order valence-electron chi connectivity index (χ3n) is 3.93. The largest absolute Gasteiger partial charge is 1.00 e. The summed E-state index contributed by atoms with van der Waals surface area (Å²) in [6, 6.07) is 11.6. The predicted octanol–water partition coefficient (Wildman–Crippen LogP) is 0.308. The fraction of sp³-hybridized carbons (Fsp3) is 0.350. The number of carbonyl (C=O) groups excluding carboxylic acids is 2. The molecule has 0 aliphatic carbocycles. The van der Waals surface area contributed by atoms with Gasteiger partial charge in [-0.15, -0.1) is 0 Å². The number of benzene rings is 1. The van der Waals surface area contributed by atoms with Gasteiger partial charge in [0.2, 0.25) is 11.8 Å². The summed E-state index contributed by atoms with van der Waals surface area (Å²) in [6.45, 7) is 4.42. The average Bonchev–Trinajstić information content (AvgIpc) is 2.59. The molecule has 2 rings (SSSR count). The number of pyridine rings is 1. The molecule has 0 aliphatic rings. The van der Waals surface area contributed by atoms with Gasteiger partial charge in [-0.05, 0) is 30.5 Å². The maximum Gasteiger partial charge on any atom is 0.224 e. The van der Waals surface area contributed by atoms with Crippen LogP contribution in [0.3, 0.4) is 0 Å². The molecule has 2 N–H and O–H groups in total. The number of aryl methyl sites for hydroxylation is 2. The van der Waals surface area contributed by atoms with Crippen molar-refractivity contribution >= 4 is 23.2 Å². The minimum Gasteiger partial charge on any atom is -1.00 e. The van der Waals surface area contributed by atoms with Crippen molar-refractivity contribution in [2.24, 2.45) is 0 Å². The number of nitrogens with zero attached hydrogens (tertiary/aromatic N) is 1. The Morgan fingerprint density at radius 3 is 2.42 bits per heavy atom. The normalized spacial score (nSPS) is 9.92. The van der Waals surface area contributed by atoms with Gasteiger partial charge in [-0.1, -0.05) is 19.1 Å². The molecule has 1 aromatic heterocycles. The lowest BCUT2D eigenvalue weighted by Gasteiger charge is -2.12. The van der Waals surface area contributed by atoms with Gasteiger partial charge in [0.1, 0.15) is 6.54 Å². The highest BCUT2D eigenvalue weighted by Crippen LogP contribution is 2.22. The Labute approximate surface area is 165 Å². The summed E-state index contributed by atoms with van der Waals surface area (Å²) in [5, 5.41) is 5.72. The number of amides is 2. The van der Waals surface area contributed by atoms with Crippen molar-refractivity contribution in [3.63, 3.8) is 0 Å². The molecule has 0 saturated heterocycles. The van der Waals surface area contributed by atoms with E-state index in [-0.39, 0.29) is 28.8 Å². The van der Waals surface area contributed by atoms with E-state index in [4.69, 9.17) is 0 Å².